The molecule has 0 amide bonds. The Morgan fingerprint density at radius 3 is 1.72 bits per heavy atom. The third-order valence-electron chi connectivity index (χ3n) is 3.69. The highest BCUT2D eigenvalue weighted by molar-refractivity contribution is 9.10. The summed E-state index contributed by atoms with van der Waals surface area (Å²) in [5.41, 5.74) is 3.07. The van der Waals surface area contributed by atoms with E-state index in [-0.39, 0.29) is 5.78 Å². The molecule has 0 heterocycles. The fourth-order valence-electron chi connectivity index (χ4n) is 2.39. The van der Waals surface area contributed by atoms with Crippen molar-refractivity contribution in [3.8, 4) is 0 Å². The molecular formula is C21H13Br2ClO. The fourth-order valence-corrected chi connectivity index (χ4v) is 3.05. The molecule has 0 spiro atoms. The van der Waals surface area contributed by atoms with Crippen molar-refractivity contribution in [3.05, 3.63) is 103 Å². The predicted molar refractivity (Wildman–Crippen MR) is 112 cm³/mol. The van der Waals surface area contributed by atoms with Crippen LogP contribution in [-0.2, 0) is 0 Å². The molecule has 124 valence electrons. The second kappa shape index (κ2) is 8.13. The Hall–Kier alpha value is -1.68. The minimum atomic E-state index is -0.0234. The average molecular weight is 477 g/mol. The molecule has 0 aromatic heterocycles. The largest absolute Gasteiger partial charge is 0.289 e. The molecule has 0 aliphatic carbocycles. The first kappa shape index (κ1) is 18.1. The van der Waals surface area contributed by atoms with Crippen molar-refractivity contribution in [2.45, 2.75) is 0 Å². The lowest BCUT2D eigenvalue weighted by molar-refractivity contribution is 0.105. The second-order valence-electron chi connectivity index (χ2n) is 5.45. The number of hydrogen-bond donors (Lipinski definition) is 0. The van der Waals surface area contributed by atoms with Gasteiger partial charge in [0.2, 0.25) is 0 Å². The van der Waals surface area contributed by atoms with E-state index in [9.17, 15) is 4.79 Å². The highest BCUT2D eigenvalue weighted by Gasteiger charge is 2.14. The van der Waals surface area contributed by atoms with Gasteiger partial charge in [0.25, 0.3) is 0 Å². The summed E-state index contributed by atoms with van der Waals surface area (Å²) in [5, 5.41) is 0.668. The zero-order valence-electron chi connectivity index (χ0n) is 13.0. The van der Waals surface area contributed by atoms with Gasteiger partial charge in [-0.1, -0.05) is 67.7 Å². The molecule has 1 nitrogen and oxygen atoms in total. The Morgan fingerprint density at radius 1 is 0.720 bits per heavy atom. The summed E-state index contributed by atoms with van der Waals surface area (Å²) in [7, 11) is 0. The summed E-state index contributed by atoms with van der Waals surface area (Å²) in [4.78, 5) is 13.1. The lowest BCUT2D eigenvalue weighted by Crippen LogP contribution is -2.03. The molecule has 0 radical (unpaired) electrons. The molecule has 0 aliphatic heterocycles. The van der Waals surface area contributed by atoms with Crippen LogP contribution in [0.5, 0.6) is 0 Å². The minimum absolute atomic E-state index is 0.0234. The molecule has 4 heteroatoms. The van der Waals surface area contributed by atoms with Crippen LogP contribution in [0.3, 0.4) is 0 Å². The lowest BCUT2D eigenvalue weighted by Gasteiger charge is -2.09. The van der Waals surface area contributed by atoms with Gasteiger partial charge in [-0.3, -0.25) is 4.79 Å². The Balaban J connectivity index is 2.07. The van der Waals surface area contributed by atoms with E-state index >= 15 is 0 Å². The Bertz CT molecular complexity index is 912. The van der Waals surface area contributed by atoms with E-state index in [0.29, 0.717) is 16.2 Å². The molecule has 0 N–H and O–H groups in total. The summed E-state index contributed by atoms with van der Waals surface area (Å²) in [6.07, 6.45) is 1.89. The van der Waals surface area contributed by atoms with Crippen molar-refractivity contribution in [1.82, 2.24) is 0 Å². The molecule has 0 atom stereocenters. The summed E-state index contributed by atoms with van der Waals surface area (Å²) >= 11 is 12.8. The van der Waals surface area contributed by atoms with Gasteiger partial charge in [0.05, 0.1) is 0 Å². The molecule has 0 unspecified atom stereocenters. The first-order valence-electron chi connectivity index (χ1n) is 7.56. The van der Waals surface area contributed by atoms with E-state index in [1.54, 1.807) is 0 Å². The standard InChI is InChI=1S/C21H13Br2ClO/c22-17-7-3-15(4-8-17)20(13-14-1-11-19(24)12-2-14)21(25)16-5-9-18(23)10-6-16/h1-13H/b20-13+. The van der Waals surface area contributed by atoms with E-state index in [2.05, 4.69) is 31.9 Å². The van der Waals surface area contributed by atoms with Crippen molar-refractivity contribution in [1.29, 1.82) is 0 Å². The van der Waals surface area contributed by atoms with Gasteiger partial charge < -0.3 is 0 Å². The van der Waals surface area contributed by atoms with E-state index in [0.717, 1.165) is 20.1 Å². The van der Waals surface area contributed by atoms with E-state index < -0.39 is 0 Å². The topological polar surface area (TPSA) is 17.1 Å². The number of ketones is 1. The van der Waals surface area contributed by atoms with Crippen LogP contribution in [0.1, 0.15) is 21.5 Å². The number of benzene rings is 3. The van der Waals surface area contributed by atoms with Crippen molar-refractivity contribution < 1.29 is 4.79 Å². The first-order chi connectivity index (χ1) is 12.0. The minimum Gasteiger partial charge on any atom is -0.289 e. The van der Waals surface area contributed by atoms with Gasteiger partial charge in [0.1, 0.15) is 0 Å². The van der Waals surface area contributed by atoms with Gasteiger partial charge in [0, 0.05) is 25.1 Å². The summed E-state index contributed by atoms with van der Waals surface area (Å²) in [5.74, 6) is -0.0234. The van der Waals surface area contributed by atoms with Gasteiger partial charge in [-0.15, -0.1) is 0 Å². The molecule has 3 rings (SSSR count). The number of carbonyl (C=O) groups excluding carboxylic acids is 1. The van der Waals surface area contributed by atoms with E-state index in [1.165, 1.54) is 0 Å². The van der Waals surface area contributed by atoms with Crippen LogP contribution in [0, 0.1) is 0 Å². The third-order valence-corrected chi connectivity index (χ3v) is 5.00. The normalized spacial score (nSPS) is 11.4. The van der Waals surface area contributed by atoms with Gasteiger partial charge in [0.15, 0.2) is 5.78 Å². The Morgan fingerprint density at radius 2 is 1.20 bits per heavy atom. The van der Waals surface area contributed by atoms with Crippen LogP contribution in [0.15, 0.2) is 81.7 Å². The summed E-state index contributed by atoms with van der Waals surface area (Å²) < 4.78 is 1.91. The number of hydrogen-bond acceptors (Lipinski definition) is 1. The van der Waals surface area contributed by atoms with Crippen LogP contribution >= 0.6 is 43.5 Å². The van der Waals surface area contributed by atoms with Gasteiger partial charge in [-0.2, -0.15) is 0 Å². The number of rotatable bonds is 4. The number of halogens is 3. The lowest BCUT2D eigenvalue weighted by atomic mass is 9.95. The van der Waals surface area contributed by atoms with Crippen LogP contribution in [0.4, 0.5) is 0 Å². The zero-order valence-corrected chi connectivity index (χ0v) is 17.0. The maximum absolute atomic E-state index is 13.1. The summed E-state index contributed by atoms with van der Waals surface area (Å²) in [6.45, 7) is 0. The van der Waals surface area contributed by atoms with Gasteiger partial charge >= 0.3 is 0 Å². The van der Waals surface area contributed by atoms with Crippen molar-refractivity contribution >= 4 is 60.9 Å². The highest BCUT2D eigenvalue weighted by Crippen LogP contribution is 2.26. The van der Waals surface area contributed by atoms with E-state index in [1.807, 2.05) is 78.9 Å². The molecule has 0 fully saturated rings. The van der Waals surface area contributed by atoms with Crippen LogP contribution in [0.25, 0.3) is 11.6 Å². The van der Waals surface area contributed by atoms with Crippen LogP contribution in [-0.4, -0.2) is 5.78 Å². The zero-order chi connectivity index (χ0) is 17.8. The molecular weight excluding hydrogens is 463 g/mol. The number of Topliss-reactive ketones (excluding diaryl/α,β-unsaturated/α-hetero) is 1. The summed E-state index contributed by atoms with van der Waals surface area (Å²) in [6, 6.07) is 22.5. The monoisotopic (exact) mass is 474 g/mol. The second-order valence-corrected chi connectivity index (χ2v) is 7.72. The smallest absolute Gasteiger partial charge is 0.193 e. The highest BCUT2D eigenvalue weighted by atomic mass is 79.9. The van der Waals surface area contributed by atoms with Gasteiger partial charge in [-0.25, -0.2) is 0 Å². The SMILES string of the molecule is O=C(/C(=C/c1ccc(Cl)cc1)c1ccc(Br)cc1)c1ccc(Br)cc1. The Labute approximate surface area is 168 Å². The van der Waals surface area contributed by atoms with Crippen molar-refractivity contribution in [2.75, 3.05) is 0 Å². The van der Waals surface area contributed by atoms with Gasteiger partial charge in [-0.05, 0) is 65.7 Å². The predicted octanol–water partition coefficient (Wildman–Crippen LogP) is 7.29. The quantitative estimate of drug-likeness (QED) is 0.220. The number of allylic oxidation sites excluding steroid dienone is 1. The van der Waals surface area contributed by atoms with Crippen LogP contribution in [0.2, 0.25) is 5.02 Å². The van der Waals surface area contributed by atoms with E-state index in [4.69, 9.17) is 11.6 Å². The fraction of sp³-hybridized carbons (Fsp3) is 0. The van der Waals surface area contributed by atoms with Crippen molar-refractivity contribution in [3.63, 3.8) is 0 Å². The van der Waals surface area contributed by atoms with Crippen molar-refractivity contribution in [2.24, 2.45) is 0 Å². The maximum atomic E-state index is 13.1. The third kappa shape index (κ3) is 4.69. The maximum Gasteiger partial charge on any atom is 0.193 e. The van der Waals surface area contributed by atoms with Crippen LogP contribution < -0.4 is 0 Å². The Kier molecular flexibility index (Phi) is 5.89. The molecule has 3 aromatic rings. The molecule has 0 aliphatic rings. The first-order valence-corrected chi connectivity index (χ1v) is 9.53. The average Bonchev–Trinajstić information content (AvgIpc) is 2.62. The molecule has 0 bridgehead atoms. The molecule has 25 heavy (non-hydrogen) atoms. The molecule has 3 aromatic carbocycles. The number of carbonyl (C=O) groups is 1. The molecule has 0 saturated heterocycles. The molecule has 0 saturated carbocycles.